The summed E-state index contributed by atoms with van der Waals surface area (Å²) in [6.07, 6.45) is 1.25. The normalized spacial score (nSPS) is 7.50. The van der Waals surface area contributed by atoms with E-state index in [-0.39, 0.29) is 6.15 Å². The van der Waals surface area contributed by atoms with Gasteiger partial charge in [0.1, 0.15) is 0 Å². The maximum absolute atomic E-state index is 5.37. The van der Waals surface area contributed by atoms with Crippen LogP contribution in [0.5, 0.6) is 0 Å². The van der Waals surface area contributed by atoms with Crippen molar-refractivity contribution in [2.45, 2.75) is 20.3 Å². The van der Waals surface area contributed by atoms with E-state index in [0.29, 0.717) is 0 Å². The highest BCUT2D eigenvalue weighted by molar-refractivity contribution is 5.47. The van der Waals surface area contributed by atoms with E-state index in [0.717, 1.165) is 11.4 Å². The highest BCUT2D eigenvalue weighted by atomic mass is 14.6. The summed E-state index contributed by atoms with van der Waals surface area (Å²) in [6, 6.07) is 7.09. The summed E-state index contributed by atoms with van der Waals surface area (Å²) in [4.78, 5) is 0. The molecule has 0 atom stereocenters. The van der Waals surface area contributed by atoms with Gasteiger partial charge in [0, 0.05) is 11.4 Å². The number of hydrogen-bond acceptors (Lipinski definition) is 3. The van der Waals surface area contributed by atoms with Crippen molar-refractivity contribution in [2.24, 2.45) is 0 Å². The highest BCUT2D eigenvalue weighted by Gasteiger charge is 1.80. The van der Waals surface area contributed by atoms with Gasteiger partial charge in [-0.05, 0) is 24.3 Å². The van der Waals surface area contributed by atoms with Crippen molar-refractivity contribution >= 4 is 11.4 Å². The quantitative estimate of drug-likeness (QED) is 0.521. The third-order valence-corrected chi connectivity index (χ3v) is 0.936. The van der Waals surface area contributed by atoms with Crippen molar-refractivity contribution in [3.05, 3.63) is 24.3 Å². The Bertz CT molecular complexity index is 160. The van der Waals surface area contributed by atoms with Crippen LogP contribution in [0.1, 0.15) is 20.3 Å². The van der Waals surface area contributed by atoms with Crippen LogP contribution >= 0.6 is 0 Å². The maximum Gasteiger partial charge on any atom is 0.0315 e. The predicted octanol–water partition coefficient (Wildman–Crippen LogP) is 2.43. The average Bonchev–Trinajstić information content (AvgIpc) is 1.97. The third kappa shape index (κ3) is 6.89. The van der Waals surface area contributed by atoms with E-state index in [1.807, 2.05) is 0 Å². The van der Waals surface area contributed by atoms with Crippen LogP contribution in [0.25, 0.3) is 0 Å². The molecule has 12 heavy (non-hydrogen) atoms. The molecule has 3 heteroatoms. The van der Waals surface area contributed by atoms with Gasteiger partial charge in [-0.3, -0.25) is 0 Å². The molecule has 0 saturated carbocycles. The van der Waals surface area contributed by atoms with Gasteiger partial charge in [0.25, 0.3) is 0 Å². The van der Waals surface area contributed by atoms with Crippen LogP contribution in [-0.4, -0.2) is 0 Å². The average molecular weight is 169 g/mol. The lowest BCUT2D eigenvalue weighted by molar-refractivity contribution is 1.09. The second-order valence-corrected chi connectivity index (χ2v) is 2.37. The van der Waals surface area contributed by atoms with E-state index in [1.54, 1.807) is 24.3 Å². The molecule has 0 heterocycles. The fourth-order valence-electron chi connectivity index (χ4n) is 0.496. The standard InChI is InChI=1S/C6H8N2.C3H8.H3N/c7-5-1-2-6(8)4-3-5;1-3-2;/h1-4H,7-8H2;3H2,1-2H3;1H3. The highest BCUT2D eigenvalue weighted by Crippen LogP contribution is 2.04. The molecule has 0 saturated heterocycles. The Hall–Kier alpha value is -1.22. The Kier molecular flexibility index (Phi) is 8.79. The summed E-state index contributed by atoms with van der Waals surface area (Å²) >= 11 is 0. The van der Waals surface area contributed by atoms with E-state index in [1.165, 1.54) is 6.42 Å². The summed E-state index contributed by atoms with van der Waals surface area (Å²) in [5.74, 6) is 0. The van der Waals surface area contributed by atoms with Gasteiger partial charge in [-0.15, -0.1) is 0 Å². The monoisotopic (exact) mass is 169 g/mol. The van der Waals surface area contributed by atoms with Gasteiger partial charge < -0.3 is 17.6 Å². The number of benzene rings is 1. The second-order valence-electron chi connectivity index (χ2n) is 2.37. The molecule has 0 aromatic heterocycles. The lowest BCUT2D eigenvalue weighted by Gasteiger charge is -1.90. The van der Waals surface area contributed by atoms with Gasteiger partial charge in [-0.25, -0.2) is 0 Å². The van der Waals surface area contributed by atoms with Crippen LogP contribution < -0.4 is 17.6 Å². The molecule has 0 fully saturated rings. The molecule has 1 aromatic rings. The molecule has 3 nitrogen and oxygen atoms in total. The lowest BCUT2D eigenvalue weighted by atomic mass is 10.3. The van der Waals surface area contributed by atoms with E-state index in [2.05, 4.69) is 13.8 Å². The molecule has 7 N–H and O–H groups in total. The molecule has 0 unspecified atom stereocenters. The molecule has 0 aliphatic carbocycles. The summed E-state index contributed by atoms with van der Waals surface area (Å²) in [7, 11) is 0. The number of nitrogens with two attached hydrogens (primary N) is 2. The van der Waals surface area contributed by atoms with Crippen molar-refractivity contribution in [1.29, 1.82) is 0 Å². The number of anilines is 2. The largest absolute Gasteiger partial charge is 0.399 e. The van der Waals surface area contributed by atoms with Gasteiger partial charge in [0.2, 0.25) is 0 Å². The minimum absolute atomic E-state index is 0. The van der Waals surface area contributed by atoms with Crippen LogP contribution in [-0.2, 0) is 0 Å². The van der Waals surface area contributed by atoms with Gasteiger partial charge in [-0.2, -0.15) is 0 Å². The number of hydrogen-bond donors (Lipinski definition) is 3. The zero-order valence-electron chi connectivity index (χ0n) is 7.88. The van der Waals surface area contributed by atoms with Crippen molar-refractivity contribution < 1.29 is 0 Å². The fraction of sp³-hybridized carbons (Fsp3) is 0.333. The summed E-state index contributed by atoms with van der Waals surface area (Å²) < 4.78 is 0. The molecule has 0 bridgehead atoms. The Balaban J connectivity index is 0. The first kappa shape index (κ1) is 13.4. The molecular formula is C9H19N3. The first-order valence-corrected chi connectivity index (χ1v) is 3.81. The SMILES string of the molecule is CCC.N.Nc1ccc(N)cc1. The molecule has 70 valence electrons. The third-order valence-electron chi connectivity index (χ3n) is 0.936. The van der Waals surface area contributed by atoms with Crippen molar-refractivity contribution in [2.75, 3.05) is 11.5 Å². The first-order chi connectivity index (χ1) is 5.20. The fourth-order valence-corrected chi connectivity index (χ4v) is 0.496. The number of nitrogen functional groups attached to an aromatic ring is 2. The molecule has 0 aliphatic rings. The van der Waals surface area contributed by atoms with E-state index < -0.39 is 0 Å². The number of rotatable bonds is 0. The lowest BCUT2D eigenvalue weighted by Crippen LogP contribution is -1.86. The molecule has 1 aromatic carbocycles. The van der Waals surface area contributed by atoms with E-state index in [9.17, 15) is 0 Å². The van der Waals surface area contributed by atoms with Gasteiger partial charge >= 0.3 is 0 Å². The zero-order valence-corrected chi connectivity index (χ0v) is 7.88. The van der Waals surface area contributed by atoms with Crippen LogP contribution in [0, 0.1) is 0 Å². The first-order valence-electron chi connectivity index (χ1n) is 3.81. The van der Waals surface area contributed by atoms with Crippen LogP contribution in [0.3, 0.4) is 0 Å². The van der Waals surface area contributed by atoms with Crippen molar-refractivity contribution in [1.82, 2.24) is 6.15 Å². The summed E-state index contributed by atoms with van der Waals surface area (Å²) in [6.45, 7) is 4.25. The van der Waals surface area contributed by atoms with Crippen LogP contribution in [0.4, 0.5) is 11.4 Å². The van der Waals surface area contributed by atoms with Crippen molar-refractivity contribution in [3.8, 4) is 0 Å². The van der Waals surface area contributed by atoms with Gasteiger partial charge in [0.15, 0.2) is 0 Å². The smallest absolute Gasteiger partial charge is 0.0315 e. The molecule has 1 rings (SSSR count). The van der Waals surface area contributed by atoms with E-state index >= 15 is 0 Å². The summed E-state index contributed by atoms with van der Waals surface area (Å²) in [5.41, 5.74) is 12.2. The van der Waals surface area contributed by atoms with Crippen molar-refractivity contribution in [3.63, 3.8) is 0 Å². The minimum atomic E-state index is 0. The second kappa shape index (κ2) is 7.88. The van der Waals surface area contributed by atoms with Crippen LogP contribution in [0.15, 0.2) is 24.3 Å². The van der Waals surface area contributed by atoms with E-state index in [4.69, 9.17) is 11.5 Å². The topological polar surface area (TPSA) is 87.0 Å². The molecular weight excluding hydrogens is 150 g/mol. The van der Waals surface area contributed by atoms with Gasteiger partial charge in [-0.1, -0.05) is 20.3 Å². The Morgan fingerprint density at radius 3 is 1.25 bits per heavy atom. The van der Waals surface area contributed by atoms with Gasteiger partial charge in [0.05, 0.1) is 0 Å². The Morgan fingerprint density at radius 2 is 1.08 bits per heavy atom. The minimum Gasteiger partial charge on any atom is -0.399 e. The Labute approximate surface area is 74.3 Å². The summed E-state index contributed by atoms with van der Waals surface area (Å²) in [5, 5.41) is 0. The van der Waals surface area contributed by atoms with Crippen LogP contribution in [0.2, 0.25) is 0 Å². The maximum atomic E-state index is 5.37. The molecule has 0 amide bonds. The molecule has 0 spiro atoms. The Morgan fingerprint density at radius 1 is 0.917 bits per heavy atom. The molecule has 0 aliphatic heterocycles. The predicted molar refractivity (Wildman–Crippen MR) is 56.3 cm³/mol. The zero-order chi connectivity index (χ0) is 8.69. The molecule has 0 radical (unpaired) electrons.